The van der Waals surface area contributed by atoms with Gasteiger partial charge in [-0.05, 0) is 39.0 Å². The van der Waals surface area contributed by atoms with Gasteiger partial charge in [0.25, 0.3) is 0 Å². The summed E-state index contributed by atoms with van der Waals surface area (Å²) in [5.74, 6) is 0.899. The number of carbonyl (C=O) groups is 1. The molecule has 3 nitrogen and oxygen atoms in total. The number of amides is 1. The van der Waals surface area contributed by atoms with Crippen molar-refractivity contribution < 1.29 is 4.79 Å². The van der Waals surface area contributed by atoms with Gasteiger partial charge in [-0.1, -0.05) is 32.6 Å². The smallest absolute Gasteiger partial charge is 0.236 e. The van der Waals surface area contributed by atoms with Crippen molar-refractivity contribution in [1.82, 2.24) is 10.6 Å². The minimum Gasteiger partial charge on any atom is -0.355 e. The average molecular weight is 254 g/mol. The van der Waals surface area contributed by atoms with Crippen LogP contribution in [0, 0.1) is 5.92 Å². The van der Waals surface area contributed by atoms with Crippen LogP contribution in [0.1, 0.15) is 65.7 Å². The number of unbranched alkanes of at least 4 members (excludes halogenated alkanes) is 1. The second-order valence-electron chi connectivity index (χ2n) is 5.72. The second kappa shape index (κ2) is 8.52. The zero-order valence-electron chi connectivity index (χ0n) is 12.3. The van der Waals surface area contributed by atoms with Gasteiger partial charge in [0.1, 0.15) is 0 Å². The highest BCUT2D eigenvalue weighted by Gasteiger charge is 2.23. The van der Waals surface area contributed by atoms with Crippen LogP contribution in [0.5, 0.6) is 0 Å². The Balaban J connectivity index is 2.24. The molecule has 0 aromatic rings. The summed E-state index contributed by atoms with van der Waals surface area (Å²) in [5, 5.41) is 6.45. The van der Waals surface area contributed by atoms with Crippen LogP contribution in [0.15, 0.2) is 0 Å². The second-order valence-corrected chi connectivity index (χ2v) is 5.72. The molecule has 0 aromatic heterocycles. The van der Waals surface area contributed by atoms with Crippen LogP contribution in [0.25, 0.3) is 0 Å². The molecule has 1 aliphatic rings. The van der Waals surface area contributed by atoms with Crippen LogP contribution < -0.4 is 10.6 Å². The first kappa shape index (κ1) is 15.5. The number of nitrogens with one attached hydrogen (secondary N) is 2. The number of hydrogen-bond acceptors (Lipinski definition) is 2. The van der Waals surface area contributed by atoms with E-state index in [4.69, 9.17) is 0 Å². The van der Waals surface area contributed by atoms with E-state index >= 15 is 0 Å². The predicted molar refractivity (Wildman–Crippen MR) is 76.6 cm³/mol. The highest BCUT2D eigenvalue weighted by molar-refractivity contribution is 5.81. The van der Waals surface area contributed by atoms with E-state index in [-0.39, 0.29) is 11.9 Å². The molecule has 0 heterocycles. The van der Waals surface area contributed by atoms with Gasteiger partial charge < -0.3 is 10.6 Å². The van der Waals surface area contributed by atoms with Crippen LogP contribution in [-0.4, -0.2) is 24.5 Å². The Kier molecular flexibility index (Phi) is 7.33. The van der Waals surface area contributed by atoms with Gasteiger partial charge in [0.05, 0.1) is 6.04 Å². The quantitative estimate of drug-likeness (QED) is 0.686. The van der Waals surface area contributed by atoms with Crippen LogP contribution in [-0.2, 0) is 4.79 Å². The van der Waals surface area contributed by atoms with Crippen molar-refractivity contribution in [3.05, 3.63) is 0 Å². The van der Waals surface area contributed by atoms with E-state index in [1.54, 1.807) is 0 Å². The van der Waals surface area contributed by atoms with Gasteiger partial charge in [0.2, 0.25) is 5.91 Å². The molecule has 1 unspecified atom stereocenters. The van der Waals surface area contributed by atoms with Crippen LogP contribution in [0.2, 0.25) is 0 Å². The lowest BCUT2D eigenvalue weighted by molar-refractivity contribution is -0.123. The van der Waals surface area contributed by atoms with E-state index in [2.05, 4.69) is 24.5 Å². The Labute approximate surface area is 112 Å². The number of carbonyl (C=O) groups excluding carboxylic acids is 1. The lowest BCUT2D eigenvalue weighted by Gasteiger charge is -2.30. The molecule has 0 spiro atoms. The van der Waals surface area contributed by atoms with E-state index < -0.39 is 0 Å². The summed E-state index contributed by atoms with van der Waals surface area (Å²) >= 11 is 0. The summed E-state index contributed by atoms with van der Waals surface area (Å²) in [4.78, 5) is 11.9. The minimum atomic E-state index is -0.0706. The molecule has 0 aliphatic heterocycles. The standard InChI is InChI=1S/C15H30N2O/c1-4-5-11-16-15(18)13(3)17-12(2)14-9-7-6-8-10-14/h12-14,17H,4-11H2,1-3H3,(H,16,18)/t12-,13?/m1/s1. The van der Waals surface area contributed by atoms with E-state index in [1.165, 1.54) is 32.1 Å². The zero-order chi connectivity index (χ0) is 13.4. The highest BCUT2D eigenvalue weighted by Crippen LogP contribution is 2.26. The fourth-order valence-corrected chi connectivity index (χ4v) is 2.78. The number of rotatable bonds is 7. The summed E-state index contributed by atoms with van der Waals surface area (Å²) < 4.78 is 0. The largest absolute Gasteiger partial charge is 0.355 e. The summed E-state index contributed by atoms with van der Waals surface area (Å²) in [5.41, 5.74) is 0. The topological polar surface area (TPSA) is 41.1 Å². The Morgan fingerprint density at radius 1 is 1.22 bits per heavy atom. The first-order chi connectivity index (χ1) is 8.65. The van der Waals surface area contributed by atoms with Crippen molar-refractivity contribution in [3.8, 4) is 0 Å². The molecule has 0 bridgehead atoms. The Bertz CT molecular complexity index is 237. The zero-order valence-corrected chi connectivity index (χ0v) is 12.3. The van der Waals surface area contributed by atoms with Crippen molar-refractivity contribution in [1.29, 1.82) is 0 Å². The summed E-state index contributed by atoms with van der Waals surface area (Å²) in [6, 6.07) is 0.385. The Morgan fingerprint density at radius 2 is 1.89 bits per heavy atom. The molecule has 0 aromatic carbocycles. The Hall–Kier alpha value is -0.570. The van der Waals surface area contributed by atoms with Gasteiger partial charge in [-0.15, -0.1) is 0 Å². The first-order valence-electron chi connectivity index (χ1n) is 7.69. The van der Waals surface area contributed by atoms with Crippen molar-refractivity contribution in [3.63, 3.8) is 0 Å². The molecule has 18 heavy (non-hydrogen) atoms. The van der Waals surface area contributed by atoms with Crippen LogP contribution in [0.3, 0.4) is 0 Å². The molecule has 1 aliphatic carbocycles. The van der Waals surface area contributed by atoms with Gasteiger partial charge in [-0.2, -0.15) is 0 Å². The minimum absolute atomic E-state index is 0.0706. The molecule has 0 radical (unpaired) electrons. The van der Waals surface area contributed by atoms with Crippen molar-refractivity contribution in [2.24, 2.45) is 5.92 Å². The number of hydrogen-bond donors (Lipinski definition) is 2. The summed E-state index contributed by atoms with van der Waals surface area (Å²) in [7, 11) is 0. The summed E-state index contributed by atoms with van der Waals surface area (Å²) in [6.07, 6.45) is 8.92. The van der Waals surface area contributed by atoms with Gasteiger partial charge in [-0.3, -0.25) is 4.79 Å². The molecule has 0 saturated heterocycles. The molecule has 1 fully saturated rings. The van der Waals surface area contributed by atoms with E-state index in [9.17, 15) is 4.79 Å². The molecule has 1 saturated carbocycles. The third-order valence-electron chi connectivity index (χ3n) is 4.09. The van der Waals surface area contributed by atoms with E-state index in [0.29, 0.717) is 6.04 Å². The molecule has 3 heteroatoms. The fourth-order valence-electron chi connectivity index (χ4n) is 2.78. The monoisotopic (exact) mass is 254 g/mol. The lowest BCUT2D eigenvalue weighted by Crippen LogP contribution is -2.48. The van der Waals surface area contributed by atoms with Gasteiger partial charge in [-0.25, -0.2) is 0 Å². The average Bonchev–Trinajstić information content (AvgIpc) is 2.39. The first-order valence-corrected chi connectivity index (χ1v) is 7.69. The molecular weight excluding hydrogens is 224 g/mol. The van der Waals surface area contributed by atoms with E-state index in [0.717, 1.165) is 25.3 Å². The van der Waals surface area contributed by atoms with Crippen molar-refractivity contribution in [2.45, 2.75) is 77.8 Å². The molecule has 1 rings (SSSR count). The maximum Gasteiger partial charge on any atom is 0.236 e. The molecular formula is C15H30N2O. The third kappa shape index (κ3) is 5.38. The van der Waals surface area contributed by atoms with Gasteiger partial charge in [0, 0.05) is 12.6 Å². The summed E-state index contributed by atoms with van der Waals surface area (Å²) in [6.45, 7) is 7.14. The molecule has 1 amide bonds. The van der Waals surface area contributed by atoms with Gasteiger partial charge >= 0.3 is 0 Å². The highest BCUT2D eigenvalue weighted by atomic mass is 16.2. The molecule has 2 atom stereocenters. The molecule has 106 valence electrons. The van der Waals surface area contributed by atoms with Crippen molar-refractivity contribution >= 4 is 5.91 Å². The fraction of sp³-hybridized carbons (Fsp3) is 0.933. The Morgan fingerprint density at radius 3 is 2.50 bits per heavy atom. The third-order valence-corrected chi connectivity index (χ3v) is 4.09. The van der Waals surface area contributed by atoms with Gasteiger partial charge in [0.15, 0.2) is 0 Å². The van der Waals surface area contributed by atoms with Crippen LogP contribution >= 0.6 is 0 Å². The van der Waals surface area contributed by atoms with Crippen molar-refractivity contribution in [2.75, 3.05) is 6.54 Å². The maximum atomic E-state index is 11.9. The van der Waals surface area contributed by atoms with Crippen LogP contribution in [0.4, 0.5) is 0 Å². The molecule has 2 N–H and O–H groups in total. The normalized spacial score (nSPS) is 20.4. The lowest BCUT2D eigenvalue weighted by atomic mass is 9.84. The van der Waals surface area contributed by atoms with E-state index in [1.807, 2.05) is 6.92 Å². The SMILES string of the molecule is CCCCNC(=O)C(C)N[C@H](C)C1CCCCC1. The predicted octanol–water partition coefficient (Wildman–Crippen LogP) is 2.85. The maximum absolute atomic E-state index is 11.9.